The molecule has 2 saturated heterocycles. The number of hydrogen-bond acceptors (Lipinski definition) is 5. The number of ether oxygens (including phenoxy) is 1. The van der Waals surface area contributed by atoms with Crippen LogP contribution in [0.4, 0.5) is 0 Å². The molecule has 7 nitrogen and oxygen atoms in total. The lowest BCUT2D eigenvalue weighted by molar-refractivity contribution is -0.168. The van der Waals surface area contributed by atoms with E-state index < -0.39 is 33.8 Å². The highest BCUT2D eigenvalue weighted by Gasteiger charge is 2.70. The highest BCUT2D eigenvalue weighted by Crippen LogP contribution is 2.54. The summed E-state index contributed by atoms with van der Waals surface area (Å²) in [5.41, 5.74) is -0.140. The van der Waals surface area contributed by atoms with Gasteiger partial charge in [-0.05, 0) is 51.3 Å². The Morgan fingerprint density at radius 2 is 1.93 bits per heavy atom. The predicted octanol–water partition coefficient (Wildman–Crippen LogP) is 2.42. The second-order valence-electron chi connectivity index (χ2n) is 8.82. The number of aryl methyl sites for hydroxylation is 1. The van der Waals surface area contributed by atoms with Crippen molar-refractivity contribution in [2.24, 2.45) is 5.92 Å². The lowest BCUT2D eigenvalue weighted by Crippen LogP contribution is -2.78. The van der Waals surface area contributed by atoms with Crippen molar-refractivity contribution in [2.45, 2.75) is 69.3 Å². The largest absolute Gasteiger partial charge is 0.480 e. The summed E-state index contributed by atoms with van der Waals surface area (Å²) >= 11 is 1.40. The van der Waals surface area contributed by atoms with E-state index in [9.17, 15) is 19.5 Å². The molecule has 0 aromatic heterocycles. The number of carbonyl (C=O) groups excluding carboxylic acids is 2. The van der Waals surface area contributed by atoms with Crippen LogP contribution in [-0.4, -0.2) is 55.6 Å². The van der Waals surface area contributed by atoms with Gasteiger partial charge in [0.25, 0.3) is 11.8 Å². The average molecular weight is 421 g/mol. The molecule has 0 radical (unpaired) electrons. The van der Waals surface area contributed by atoms with Gasteiger partial charge in [-0.15, -0.1) is 11.8 Å². The summed E-state index contributed by atoms with van der Waals surface area (Å²) < 4.78 is 5.29. The Morgan fingerprint density at radius 1 is 1.28 bits per heavy atom. The Labute approximate surface area is 175 Å². The molecule has 3 rings (SSSR count). The SMILES string of the molecule is Cc1cccc(OC(C(=O)N[C@@]2(C)C(=O)N3[C@@H](C(=O)O)C(C)(C)S[C@@H]32)C(C)C)c1. The number of carbonyl (C=O) groups is 3. The van der Waals surface area contributed by atoms with Crippen LogP contribution in [0.15, 0.2) is 24.3 Å². The van der Waals surface area contributed by atoms with E-state index >= 15 is 0 Å². The zero-order valence-electron chi connectivity index (χ0n) is 17.6. The third-order valence-corrected chi connectivity index (χ3v) is 7.26. The van der Waals surface area contributed by atoms with Gasteiger partial charge in [0.2, 0.25) is 0 Å². The van der Waals surface area contributed by atoms with Crippen LogP contribution in [0.1, 0.15) is 40.2 Å². The van der Waals surface area contributed by atoms with Gasteiger partial charge in [0, 0.05) is 4.75 Å². The Hall–Kier alpha value is -2.22. The molecule has 0 spiro atoms. The second-order valence-corrected chi connectivity index (χ2v) is 10.6. The average Bonchev–Trinajstić information content (AvgIpc) is 2.88. The number of rotatable bonds is 6. The van der Waals surface area contributed by atoms with Gasteiger partial charge in [-0.1, -0.05) is 26.0 Å². The van der Waals surface area contributed by atoms with Gasteiger partial charge >= 0.3 is 5.97 Å². The van der Waals surface area contributed by atoms with Crippen LogP contribution in [0.25, 0.3) is 0 Å². The Balaban J connectivity index is 1.78. The number of thioether (sulfide) groups is 1. The van der Waals surface area contributed by atoms with Gasteiger partial charge in [-0.3, -0.25) is 9.59 Å². The number of nitrogens with one attached hydrogen (secondary N) is 1. The fraction of sp³-hybridized carbons (Fsp3) is 0.571. The van der Waals surface area contributed by atoms with Crippen molar-refractivity contribution in [1.29, 1.82) is 0 Å². The van der Waals surface area contributed by atoms with Crippen molar-refractivity contribution in [3.63, 3.8) is 0 Å². The van der Waals surface area contributed by atoms with Gasteiger partial charge in [0.15, 0.2) is 6.10 Å². The zero-order valence-corrected chi connectivity index (χ0v) is 18.4. The minimum absolute atomic E-state index is 0.121. The third-order valence-electron chi connectivity index (χ3n) is 5.51. The number of benzene rings is 1. The van der Waals surface area contributed by atoms with Crippen LogP contribution >= 0.6 is 11.8 Å². The summed E-state index contributed by atoms with van der Waals surface area (Å²) in [6.45, 7) is 11.0. The van der Waals surface area contributed by atoms with Crippen molar-refractivity contribution in [3.05, 3.63) is 29.8 Å². The highest BCUT2D eigenvalue weighted by molar-refractivity contribution is 8.01. The van der Waals surface area contributed by atoms with Gasteiger partial charge in [-0.25, -0.2) is 4.79 Å². The van der Waals surface area contributed by atoms with Crippen molar-refractivity contribution >= 4 is 29.5 Å². The first-order chi connectivity index (χ1) is 13.4. The summed E-state index contributed by atoms with van der Waals surface area (Å²) in [7, 11) is 0. The standard InChI is InChI=1S/C21H28N2O5S/c1-11(2)14(28-13-9-7-8-12(3)10-13)16(24)22-21(6)18(27)23-15(17(25)26)20(4,5)29-19(21)23/h7-11,14-15,19H,1-6H3,(H,22,24)(H,25,26)/t14?,15-,19+,21-/m0/s1. The maximum Gasteiger partial charge on any atom is 0.327 e. The van der Waals surface area contributed by atoms with Crippen LogP contribution in [-0.2, 0) is 14.4 Å². The van der Waals surface area contributed by atoms with Crippen LogP contribution in [0.5, 0.6) is 5.75 Å². The second kappa shape index (κ2) is 7.23. The number of β-lactam (4-membered cyclic amide) rings is 1. The highest BCUT2D eigenvalue weighted by atomic mass is 32.2. The van der Waals surface area contributed by atoms with E-state index in [4.69, 9.17) is 4.74 Å². The monoisotopic (exact) mass is 420 g/mol. The molecule has 0 saturated carbocycles. The molecule has 29 heavy (non-hydrogen) atoms. The molecule has 1 unspecified atom stereocenters. The number of nitrogens with zero attached hydrogens (tertiary/aromatic N) is 1. The van der Waals surface area contributed by atoms with E-state index in [0.29, 0.717) is 5.75 Å². The number of amides is 2. The first-order valence-corrected chi connectivity index (χ1v) is 10.5. The number of carboxylic acid groups (broad SMARTS) is 1. The topological polar surface area (TPSA) is 95.9 Å². The van der Waals surface area contributed by atoms with E-state index in [-0.39, 0.29) is 17.7 Å². The minimum Gasteiger partial charge on any atom is -0.480 e. The Bertz CT molecular complexity index is 855. The molecule has 4 atom stereocenters. The summed E-state index contributed by atoms with van der Waals surface area (Å²) in [6.07, 6.45) is -0.773. The molecule has 2 fully saturated rings. The van der Waals surface area contributed by atoms with E-state index in [0.717, 1.165) is 5.56 Å². The molecule has 0 bridgehead atoms. The zero-order chi connectivity index (χ0) is 21.7. The summed E-state index contributed by atoms with van der Waals surface area (Å²) in [4.78, 5) is 39.0. The Morgan fingerprint density at radius 3 is 2.48 bits per heavy atom. The van der Waals surface area contributed by atoms with Crippen molar-refractivity contribution in [1.82, 2.24) is 10.2 Å². The molecule has 8 heteroatoms. The Kier molecular flexibility index (Phi) is 5.36. The van der Waals surface area contributed by atoms with Crippen LogP contribution in [0, 0.1) is 12.8 Å². The summed E-state index contributed by atoms with van der Waals surface area (Å²) in [6, 6.07) is 6.53. The first kappa shape index (κ1) is 21.5. The van der Waals surface area contributed by atoms with E-state index in [1.165, 1.54) is 16.7 Å². The molecule has 1 aromatic rings. The van der Waals surface area contributed by atoms with Crippen molar-refractivity contribution < 1.29 is 24.2 Å². The van der Waals surface area contributed by atoms with Gasteiger partial charge in [0.05, 0.1) is 0 Å². The molecule has 2 aliphatic rings. The molecule has 158 valence electrons. The summed E-state index contributed by atoms with van der Waals surface area (Å²) in [5.74, 6) is -1.32. The molecule has 1 aromatic carbocycles. The van der Waals surface area contributed by atoms with Gasteiger partial charge in [-0.2, -0.15) is 0 Å². The fourth-order valence-electron chi connectivity index (χ4n) is 3.99. The van der Waals surface area contributed by atoms with Crippen LogP contribution in [0.2, 0.25) is 0 Å². The molecule has 0 aliphatic carbocycles. The van der Waals surface area contributed by atoms with E-state index in [1.54, 1.807) is 13.0 Å². The van der Waals surface area contributed by atoms with Gasteiger partial charge < -0.3 is 20.1 Å². The number of aliphatic carboxylic acids is 1. The van der Waals surface area contributed by atoms with Crippen molar-refractivity contribution in [2.75, 3.05) is 0 Å². The van der Waals surface area contributed by atoms with Crippen molar-refractivity contribution in [3.8, 4) is 5.75 Å². The maximum atomic E-state index is 13.1. The first-order valence-electron chi connectivity index (χ1n) is 9.67. The fourth-order valence-corrected chi connectivity index (χ4v) is 5.64. The van der Waals surface area contributed by atoms with Crippen LogP contribution < -0.4 is 10.1 Å². The maximum absolute atomic E-state index is 13.1. The molecular formula is C21H28N2O5S. The number of hydrogen-bond donors (Lipinski definition) is 2. The molecule has 2 amide bonds. The molecular weight excluding hydrogens is 392 g/mol. The van der Waals surface area contributed by atoms with E-state index in [1.807, 2.05) is 52.8 Å². The quantitative estimate of drug-likeness (QED) is 0.686. The normalized spacial score (nSPS) is 28.5. The van der Waals surface area contributed by atoms with Crippen LogP contribution in [0.3, 0.4) is 0 Å². The lowest BCUT2D eigenvalue weighted by Gasteiger charge is -2.51. The van der Waals surface area contributed by atoms with Gasteiger partial charge in [0.1, 0.15) is 22.7 Å². The predicted molar refractivity (Wildman–Crippen MR) is 111 cm³/mol. The molecule has 2 N–H and O–H groups in total. The summed E-state index contributed by atoms with van der Waals surface area (Å²) in [5, 5.41) is 12.0. The smallest absolute Gasteiger partial charge is 0.327 e. The number of carboxylic acids is 1. The number of fused-ring (bicyclic) bond motifs is 1. The third kappa shape index (κ3) is 3.58. The molecule has 2 heterocycles. The lowest BCUT2D eigenvalue weighted by atomic mass is 9.85. The minimum atomic E-state index is -1.16. The molecule has 2 aliphatic heterocycles. The van der Waals surface area contributed by atoms with E-state index in [2.05, 4.69) is 5.32 Å².